The van der Waals surface area contributed by atoms with E-state index < -0.39 is 7.12 Å². The zero-order chi connectivity index (χ0) is 27.0. The van der Waals surface area contributed by atoms with Crippen LogP contribution in [0.3, 0.4) is 0 Å². The SMILES string of the molecule is OB(O)c1ccc(N(c2ccc(OCCCCCCBr)cc2)c2ccc(OCCCCCCBr)cc2)cc1. The van der Waals surface area contributed by atoms with Crippen molar-refractivity contribution in [3.8, 4) is 11.5 Å². The van der Waals surface area contributed by atoms with Crippen LogP contribution in [0.15, 0.2) is 72.8 Å². The number of rotatable bonds is 18. The number of halogens is 2. The molecule has 38 heavy (non-hydrogen) atoms. The Balaban J connectivity index is 1.70. The first kappa shape index (κ1) is 30.5. The predicted molar refractivity (Wildman–Crippen MR) is 166 cm³/mol. The Morgan fingerprint density at radius 3 is 1.26 bits per heavy atom. The number of unbranched alkanes of at least 4 members (excludes halogenated alkanes) is 6. The number of hydrogen-bond acceptors (Lipinski definition) is 5. The van der Waals surface area contributed by atoms with E-state index in [1.54, 1.807) is 12.1 Å². The second kappa shape index (κ2) is 17.6. The third kappa shape index (κ3) is 10.3. The van der Waals surface area contributed by atoms with Gasteiger partial charge in [0.15, 0.2) is 0 Å². The predicted octanol–water partition coefficient (Wildman–Crippen LogP) is 7.50. The summed E-state index contributed by atoms with van der Waals surface area (Å²) in [7, 11) is -1.50. The maximum atomic E-state index is 9.52. The van der Waals surface area contributed by atoms with Crippen LogP contribution in [-0.2, 0) is 0 Å². The van der Waals surface area contributed by atoms with Gasteiger partial charge in [0.05, 0.1) is 13.2 Å². The van der Waals surface area contributed by atoms with Gasteiger partial charge in [0.1, 0.15) is 11.5 Å². The number of nitrogens with zero attached hydrogens (tertiary/aromatic N) is 1. The monoisotopic (exact) mass is 645 g/mol. The summed E-state index contributed by atoms with van der Waals surface area (Å²) in [5.41, 5.74) is 3.32. The second-order valence-corrected chi connectivity index (χ2v) is 10.8. The second-order valence-electron chi connectivity index (χ2n) is 9.19. The van der Waals surface area contributed by atoms with Crippen molar-refractivity contribution in [3.63, 3.8) is 0 Å². The Bertz CT molecular complexity index is 974. The molecule has 0 heterocycles. The number of ether oxygens (including phenoxy) is 2. The summed E-state index contributed by atoms with van der Waals surface area (Å²) in [4.78, 5) is 2.13. The molecule has 0 aliphatic heterocycles. The largest absolute Gasteiger partial charge is 0.494 e. The molecule has 3 rings (SSSR count). The smallest absolute Gasteiger partial charge is 0.488 e. The number of alkyl halides is 2. The van der Waals surface area contributed by atoms with Gasteiger partial charge < -0.3 is 24.4 Å². The first-order valence-electron chi connectivity index (χ1n) is 13.5. The van der Waals surface area contributed by atoms with Crippen molar-refractivity contribution in [1.82, 2.24) is 0 Å². The summed E-state index contributed by atoms with van der Waals surface area (Å²) in [5.74, 6) is 1.71. The summed E-state index contributed by atoms with van der Waals surface area (Å²) in [6.07, 6.45) is 9.29. The Morgan fingerprint density at radius 2 is 0.895 bits per heavy atom. The lowest BCUT2D eigenvalue weighted by Gasteiger charge is -2.26. The fourth-order valence-electron chi connectivity index (χ4n) is 4.11. The molecular weight excluding hydrogens is 609 g/mol. The van der Waals surface area contributed by atoms with Gasteiger partial charge in [-0.15, -0.1) is 0 Å². The van der Waals surface area contributed by atoms with Crippen molar-refractivity contribution < 1.29 is 19.5 Å². The molecule has 0 unspecified atom stereocenters. The maximum Gasteiger partial charge on any atom is 0.488 e. The Kier molecular flexibility index (Phi) is 14.1. The molecule has 0 amide bonds. The van der Waals surface area contributed by atoms with Crippen LogP contribution in [0.1, 0.15) is 51.4 Å². The molecule has 0 bridgehead atoms. The van der Waals surface area contributed by atoms with Gasteiger partial charge in [-0.05, 0) is 91.8 Å². The fraction of sp³-hybridized carbons (Fsp3) is 0.400. The van der Waals surface area contributed by atoms with Crippen molar-refractivity contribution in [1.29, 1.82) is 0 Å². The molecule has 204 valence electrons. The maximum absolute atomic E-state index is 9.52. The summed E-state index contributed by atoms with van der Waals surface area (Å²) < 4.78 is 11.9. The third-order valence-electron chi connectivity index (χ3n) is 6.23. The Labute approximate surface area is 244 Å². The molecule has 0 aliphatic rings. The van der Waals surface area contributed by atoms with E-state index in [9.17, 15) is 10.0 Å². The van der Waals surface area contributed by atoms with E-state index in [1.165, 1.54) is 38.5 Å². The van der Waals surface area contributed by atoms with E-state index in [1.807, 2.05) is 60.7 Å². The first-order valence-corrected chi connectivity index (χ1v) is 15.7. The average Bonchev–Trinajstić information content (AvgIpc) is 2.94. The van der Waals surface area contributed by atoms with Crippen LogP contribution in [-0.4, -0.2) is 41.0 Å². The first-order chi connectivity index (χ1) is 18.6. The molecule has 3 aromatic rings. The van der Waals surface area contributed by atoms with Gasteiger partial charge in [0, 0.05) is 27.7 Å². The molecule has 0 saturated carbocycles. The lowest BCUT2D eigenvalue weighted by molar-refractivity contribution is 0.305. The van der Waals surface area contributed by atoms with Crippen LogP contribution in [0.5, 0.6) is 11.5 Å². The number of benzene rings is 3. The summed E-state index contributed by atoms with van der Waals surface area (Å²) >= 11 is 6.95. The minimum absolute atomic E-state index is 0.452. The van der Waals surface area contributed by atoms with Crippen LogP contribution >= 0.6 is 31.9 Å². The Hall–Kier alpha value is -2.00. The highest BCUT2D eigenvalue weighted by atomic mass is 79.9. The van der Waals surface area contributed by atoms with E-state index >= 15 is 0 Å². The zero-order valence-corrected chi connectivity index (χ0v) is 25.1. The van der Waals surface area contributed by atoms with Crippen molar-refractivity contribution in [2.24, 2.45) is 0 Å². The minimum atomic E-state index is -1.50. The van der Waals surface area contributed by atoms with E-state index in [-0.39, 0.29) is 0 Å². The number of hydrogen-bond donors (Lipinski definition) is 2. The molecule has 3 aromatic carbocycles. The summed E-state index contributed by atoms with van der Waals surface area (Å²) in [6.45, 7) is 1.43. The van der Waals surface area contributed by atoms with Crippen LogP contribution in [0.4, 0.5) is 17.1 Å². The summed E-state index contributed by atoms with van der Waals surface area (Å²) in [5, 5.41) is 21.2. The highest BCUT2D eigenvalue weighted by molar-refractivity contribution is 9.09. The average molecular weight is 647 g/mol. The van der Waals surface area contributed by atoms with Gasteiger partial charge in [-0.3, -0.25) is 0 Å². The molecular formula is C30H38BBr2NO4. The number of anilines is 3. The van der Waals surface area contributed by atoms with Crippen LogP contribution in [0.25, 0.3) is 0 Å². The lowest BCUT2D eigenvalue weighted by atomic mass is 9.80. The van der Waals surface area contributed by atoms with Crippen LogP contribution < -0.4 is 19.8 Å². The molecule has 8 heteroatoms. The Morgan fingerprint density at radius 1 is 0.526 bits per heavy atom. The van der Waals surface area contributed by atoms with Gasteiger partial charge in [0.25, 0.3) is 0 Å². The van der Waals surface area contributed by atoms with Gasteiger partial charge in [-0.25, -0.2) is 0 Å². The van der Waals surface area contributed by atoms with E-state index in [0.29, 0.717) is 18.7 Å². The molecule has 5 nitrogen and oxygen atoms in total. The van der Waals surface area contributed by atoms with E-state index in [0.717, 1.165) is 52.1 Å². The van der Waals surface area contributed by atoms with Gasteiger partial charge in [-0.2, -0.15) is 0 Å². The fourth-order valence-corrected chi connectivity index (χ4v) is 4.90. The zero-order valence-electron chi connectivity index (χ0n) is 21.9. The molecule has 0 spiro atoms. The van der Waals surface area contributed by atoms with Crippen molar-refractivity contribution in [2.45, 2.75) is 51.4 Å². The summed E-state index contributed by atoms with van der Waals surface area (Å²) in [6, 6.07) is 23.4. The van der Waals surface area contributed by atoms with Crippen LogP contribution in [0, 0.1) is 0 Å². The van der Waals surface area contributed by atoms with E-state index in [2.05, 4.69) is 36.8 Å². The van der Waals surface area contributed by atoms with Crippen molar-refractivity contribution in [2.75, 3.05) is 28.8 Å². The minimum Gasteiger partial charge on any atom is -0.494 e. The quantitative estimate of drug-likeness (QED) is 0.0851. The standard InChI is InChI=1S/C30H38BBr2NO4/c32-21-5-1-3-7-23-37-29-17-13-27(14-18-29)34(26-11-9-25(10-12-26)31(35)36)28-15-19-30(20-16-28)38-24-8-4-2-6-22-33/h9-20,35-36H,1-8,21-24H2. The molecule has 0 aliphatic carbocycles. The molecule has 0 saturated heterocycles. The van der Waals surface area contributed by atoms with Crippen LogP contribution in [0.2, 0.25) is 0 Å². The van der Waals surface area contributed by atoms with Gasteiger partial charge in [-0.1, -0.05) is 69.7 Å². The van der Waals surface area contributed by atoms with Crippen molar-refractivity contribution in [3.05, 3.63) is 72.8 Å². The normalized spacial score (nSPS) is 10.8. The highest BCUT2D eigenvalue weighted by Gasteiger charge is 2.15. The molecule has 0 atom stereocenters. The van der Waals surface area contributed by atoms with Crippen molar-refractivity contribution >= 4 is 61.5 Å². The molecule has 0 fully saturated rings. The molecule has 2 N–H and O–H groups in total. The highest BCUT2D eigenvalue weighted by Crippen LogP contribution is 2.35. The lowest BCUT2D eigenvalue weighted by Crippen LogP contribution is -2.29. The topological polar surface area (TPSA) is 62.2 Å². The van der Waals surface area contributed by atoms with Gasteiger partial charge >= 0.3 is 7.12 Å². The molecule has 0 aromatic heterocycles. The molecule has 0 radical (unpaired) electrons. The van der Waals surface area contributed by atoms with Gasteiger partial charge in [0.2, 0.25) is 0 Å². The third-order valence-corrected chi connectivity index (χ3v) is 7.35. The van der Waals surface area contributed by atoms with E-state index in [4.69, 9.17) is 9.47 Å².